The van der Waals surface area contributed by atoms with Crippen LogP contribution in [-0.2, 0) is 14.3 Å². The highest BCUT2D eigenvalue weighted by Gasteiger charge is 2.21. The molecule has 1 aliphatic heterocycles. The fourth-order valence-electron chi connectivity index (χ4n) is 2.60. The molecule has 0 spiro atoms. The molecule has 2 rings (SSSR count). The Morgan fingerprint density at radius 2 is 2.04 bits per heavy atom. The van der Waals surface area contributed by atoms with E-state index in [1.807, 2.05) is 43.0 Å². The Kier molecular flexibility index (Phi) is 7.59. The monoisotopic (exact) mass is 350 g/mol. The highest BCUT2D eigenvalue weighted by Crippen LogP contribution is 2.15. The van der Waals surface area contributed by atoms with Gasteiger partial charge in [-0.25, -0.2) is 0 Å². The van der Waals surface area contributed by atoms with Gasteiger partial charge >= 0.3 is 0 Å². The highest BCUT2D eigenvalue weighted by atomic mass is 32.2. The van der Waals surface area contributed by atoms with E-state index < -0.39 is 0 Å². The zero-order valence-corrected chi connectivity index (χ0v) is 15.2. The average molecular weight is 350 g/mol. The Bertz CT molecular complexity index is 542. The molecule has 1 atom stereocenters. The molecular formula is C18H26N2O3S. The van der Waals surface area contributed by atoms with Gasteiger partial charge in [-0.1, -0.05) is 17.7 Å². The van der Waals surface area contributed by atoms with E-state index in [-0.39, 0.29) is 17.6 Å². The Morgan fingerprint density at radius 3 is 2.67 bits per heavy atom. The first kappa shape index (κ1) is 18.8. The number of carbonyl (C=O) groups is 2. The molecule has 1 fully saturated rings. The number of ether oxygens (including phenoxy) is 1. The summed E-state index contributed by atoms with van der Waals surface area (Å²) in [6, 6.07) is 7.67. The standard InChI is InChI=1S/C18H26N2O3S/c1-3-20(10-15-8-9-23-11-15)18(22)13-24-12-17(21)19-16-6-4-14(2)5-7-16/h4-7,15H,3,8-13H2,1-2H3,(H,19,21)/t15-/m1/s1. The van der Waals surface area contributed by atoms with Gasteiger partial charge in [-0.05, 0) is 32.4 Å². The molecule has 0 aromatic heterocycles. The largest absolute Gasteiger partial charge is 0.381 e. The number of carbonyl (C=O) groups excluding carboxylic acids is 2. The summed E-state index contributed by atoms with van der Waals surface area (Å²) in [5.41, 5.74) is 1.94. The van der Waals surface area contributed by atoms with E-state index in [2.05, 4.69) is 5.32 Å². The molecule has 1 heterocycles. The number of nitrogens with one attached hydrogen (secondary N) is 1. The molecule has 2 amide bonds. The fourth-order valence-corrected chi connectivity index (χ4v) is 3.32. The van der Waals surface area contributed by atoms with E-state index in [0.717, 1.165) is 37.4 Å². The number of nitrogens with zero attached hydrogens (tertiary/aromatic N) is 1. The molecule has 132 valence electrons. The number of aryl methyl sites for hydroxylation is 1. The summed E-state index contributed by atoms with van der Waals surface area (Å²) < 4.78 is 5.36. The van der Waals surface area contributed by atoms with Crippen LogP contribution in [0, 0.1) is 12.8 Å². The lowest BCUT2D eigenvalue weighted by atomic mass is 10.1. The van der Waals surface area contributed by atoms with Crippen molar-refractivity contribution in [3.05, 3.63) is 29.8 Å². The van der Waals surface area contributed by atoms with E-state index >= 15 is 0 Å². The highest BCUT2D eigenvalue weighted by molar-refractivity contribution is 8.00. The minimum absolute atomic E-state index is 0.0797. The van der Waals surface area contributed by atoms with Gasteiger partial charge < -0.3 is 15.0 Å². The maximum atomic E-state index is 12.3. The molecule has 0 bridgehead atoms. The number of hydrogen-bond donors (Lipinski definition) is 1. The van der Waals surface area contributed by atoms with E-state index in [4.69, 9.17) is 4.74 Å². The van der Waals surface area contributed by atoms with Gasteiger partial charge in [-0.3, -0.25) is 9.59 Å². The van der Waals surface area contributed by atoms with Gasteiger partial charge in [0.2, 0.25) is 11.8 Å². The van der Waals surface area contributed by atoms with Crippen LogP contribution < -0.4 is 5.32 Å². The second kappa shape index (κ2) is 9.69. The summed E-state index contributed by atoms with van der Waals surface area (Å²) in [4.78, 5) is 26.1. The molecule has 1 aromatic rings. The van der Waals surface area contributed by atoms with Crippen molar-refractivity contribution >= 4 is 29.3 Å². The molecule has 1 N–H and O–H groups in total. The number of amides is 2. The van der Waals surface area contributed by atoms with Crippen LogP contribution in [0.1, 0.15) is 18.9 Å². The Hall–Kier alpha value is -1.53. The Balaban J connectivity index is 1.68. The summed E-state index contributed by atoms with van der Waals surface area (Å²) in [7, 11) is 0. The quantitative estimate of drug-likeness (QED) is 0.783. The molecule has 5 nitrogen and oxygen atoms in total. The maximum Gasteiger partial charge on any atom is 0.234 e. The molecule has 0 aliphatic carbocycles. The van der Waals surface area contributed by atoms with E-state index in [1.54, 1.807) is 0 Å². The topological polar surface area (TPSA) is 58.6 Å². The maximum absolute atomic E-state index is 12.3. The predicted molar refractivity (Wildman–Crippen MR) is 98.3 cm³/mol. The number of anilines is 1. The third kappa shape index (κ3) is 6.17. The normalized spacial score (nSPS) is 16.8. The van der Waals surface area contributed by atoms with Crippen LogP contribution in [0.25, 0.3) is 0 Å². The molecule has 0 saturated carbocycles. The van der Waals surface area contributed by atoms with Crippen molar-refractivity contribution < 1.29 is 14.3 Å². The molecule has 6 heteroatoms. The SMILES string of the molecule is CCN(C[C@H]1CCOC1)C(=O)CSCC(=O)Nc1ccc(C)cc1. The minimum Gasteiger partial charge on any atom is -0.381 e. The summed E-state index contributed by atoms with van der Waals surface area (Å²) in [5, 5.41) is 2.84. The minimum atomic E-state index is -0.0797. The third-order valence-corrected chi connectivity index (χ3v) is 4.95. The molecule has 0 unspecified atom stereocenters. The zero-order valence-electron chi connectivity index (χ0n) is 14.4. The van der Waals surface area contributed by atoms with Crippen LogP contribution in [0.3, 0.4) is 0 Å². The second-order valence-corrected chi connectivity index (χ2v) is 7.05. The summed E-state index contributed by atoms with van der Waals surface area (Å²) in [5.74, 6) is 1.08. The van der Waals surface area contributed by atoms with Crippen LogP contribution in [0.15, 0.2) is 24.3 Å². The number of benzene rings is 1. The van der Waals surface area contributed by atoms with Gasteiger partial charge in [0, 0.05) is 31.3 Å². The first-order valence-electron chi connectivity index (χ1n) is 8.38. The summed E-state index contributed by atoms with van der Waals surface area (Å²) in [6.07, 6.45) is 1.02. The number of hydrogen-bond acceptors (Lipinski definition) is 4. The molecular weight excluding hydrogens is 324 g/mol. The van der Waals surface area contributed by atoms with E-state index in [1.165, 1.54) is 11.8 Å². The summed E-state index contributed by atoms with van der Waals surface area (Å²) >= 11 is 1.36. The van der Waals surface area contributed by atoms with Crippen molar-refractivity contribution in [1.82, 2.24) is 4.90 Å². The summed E-state index contributed by atoms with van der Waals surface area (Å²) in [6.45, 7) is 6.99. The molecule has 1 aromatic carbocycles. The molecule has 24 heavy (non-hydrogen) atoms. The van der Waals surface area contributed by atoms with Gasteiger partial charge in [0.15, 0.2) is 0 Å². The lowest BCUT2D eigenvalue weighted by Gasteiger charge is -2.23. The van der Waals surface area contributed by atoms with Crippen molar-refractivity contribution in [2.45, 2.75) is 20.3 Å². The number of thioether (sulfide) groups is 1. The predicted octanol–water partition coefficient (Wildman–Crippen LogP) is 2.55. The van der Waals surface area contributed by atoms with E-state index in [9.17, 15) is 9.59 Å². The van der Waals surface area contributed by atoms with Gasteiger partial charge in [0.25, 0.3) is 0 Å². The van der Waals surface area contributed by atoms with Crippen molar-refractivity contribution in [3.63, 3.8) is 0 Å². The van der Waals surface area contributed by atoms with Crippen LogP contribution in [0.5, 0.6) is 0 Å². The van der Waals surface area contributed by atoms with Crippen molar-refractivity contribution in [1.29, 1.82) is 0 Å². The van der Waals surface area contributed by atoms with Crippen molar-refractivity contribution in [3.8, 4) is 0 Å². The van der Waals surface area contributed by atoms with Gasteiger partial charge in [0.05, 0.1) is 18.1 Å². The van der Waals surface area contributed by atoms with Gasteiger partial charge in [0.1, 0.15) is 0 Å². The average Bonchev–Trinajstić information content (AvgIpc) is 3.07. The molecule has 1 aliphatic rings. The second-order valence-electron chi connectivity index (χ2n) is 6.07. The lowest BCUT2D eigenvalue weighted by Crippen LogP contribution is -2.36. The molecule has 0 radical (unpaired) electrons. The third-order valence-electron chi connectivity index (χ3n) is 4.03. The smallest absolute Gasteiger partial charge is 0.234 e. The van der Waals surface area contributed by atoms with E-state index in [0.29, 0.717) is 18.2 Å². The van der Waals surface area contributed by atoms with Crippen LogP contribution in [0.4, 0.5) is 5.69 Å². The molecule has 1 saturated heterocycles. The zero-order chi connectivity index (χ0) is 17.4. The van der Waals surface area contributed by atoms with Crippen LogP contribution >= 0.6 is 11.8 Å². The van der Waals surface area contributed by atoms with Gasteiger partial charge in [-0.15, -0.1) is 11.8 Å². The van der Waals surface area contributed by atoms with Gasteiger partial charge in [-0.2, -0.15) is 0 Å². The first-order chi connectivity index (χ1) is 11.6. The lowest BCUT2D eigenvalue weighted by molar-refractivity contribution is -0.128. The van der Waals surface area contributed by atoms with Crippen molar-refractivity contribution in [2.24, 2.45) is 5.92 Å². The Morgan fingerprint density at radius 1 is 1.29 bits per heavy atom. The number of rotatable bonds is 8. The fraction of sp³-hybridized carbons (Fsp3) is 0.556. The van der Waals surface area contributed by atoms with Crippen LogP contribution in [-0.4, -0.2) is 54.5 Å². The van der Waals surface area contributed by atoms with Crippen LogP contribution in [0.2, 0.25) is 0 Å². The first-order valence-corrected chi connectivity index (χ1v) is 9.53. The Labute approximate surface area is 148 Å². The van der Waals surface area contributed by atoms with Crippen molar-refractivity contribution in [2.75, 3.05) is 43.1 Å².